The van der Waals surface area contributed by atoms with Crippen molar-refractivity contribution in [3.8, 4) is 0 Å². The smallest absolute Gasteiger partial charge is 0.306 e. The van der Waals surface area contributed by atoms with E-state index in [0.29, 0.717) is 22.7 Å². The van der Waals surface area contributed by atoms with Gasteiger partial charge >= 0.3 is 5.69 Å². The maximum Gasteiger partial charge on any atom is 0.306 e. The molecule has 3 aromatic rings. The molecular weight excluding hydrogens is 267 g/mol. The molecule has 2 heterocycles. The van der Waals surface area contributed by atoms with Crippen molar-refractivity contribution in [3.63, 3.8) is 0 Å². The van der Waals surface area contributed by atoms with Crippen molar-refractivity contribution in [1.82, 2.24) is 19.9 Å². The summed E-state index contributed by atoms with van der Waals surface area (Å²) < 4.78 is 13.3. The Morgan fingerprint density at radius 1 is 1.30 bits per heavy atom. The lowest BCUT2D eigenvalue weighted by Gasteiger charge is -2.05. The number of aromatic amines is 1. The van der Waals surface area contributed by atoms with Gasteiger partial charge in [0.1, 0.15) is 11.8 Å². The maximum absolute atomic E-state index is 13.3. The lowest BCUT2D eigenvalue weighted by molar-refractivity contribution is -0.387. The Kier molecular flexibility index (Phi) is 2.71. The van der Waals surface area contributed by atoms with E-state index in [1.807, 2.05) is 0 Å². The molecule has 20 heavy (non-hydrogen) atoms. The molecule has 0 amide bonds. The third kappa shape index (κ3) is 2.00. The second-order valence-electron chi connectivity index (χ2n) is 3.87. The van der Waals surface area contributed by atoms with Gasteiger partial charge in [0.15, 0.2) is 11.5 Å². The molecule has 3 rings (SSSR count). The molecule has 0 aliphatic heterocycles. The summed E-state index contributed by atoms with van der Waals surface area (Å²) in [7, 11) is 0. The molecule has 0 radical (unpaired) electrons. The van der Waals surface area contributed by atoms with Gasteiger partial charge in [-0.25, -0.2) is 15.0 Å². The van der Waals surface area contributed by atoms with Gasteiger partial charge in [0.05, 0.1) is 11.3 Å². The van der Waals surface area contributed by atoms with E-state index in [0.717, 1.165) is 12.1 Å². The minimum atomic E-state index is -0.894. The quantitative estimate of drug-likeness (QED) is 0.559. The summed E-state index contributed by atoms with van der Waals surface area (Å²) in [6.45, 7) is 0. The number of nitrogens with zero attached hydrogens (tertiary/aromatic N) is 4. The summed E-state index contributed by atoms with van der Waals surface area (Å²) in [6, 6.07) is 3.50. The summed E-state index contributed by atoms with van der Waals surface area (Å²) in [5, 5.41) is 13.6. The van der Waals surface area contributed by atoms with Gasteiger partial charge in [-0.15, -0.1) is 0 Å². The number of nitro benzene ring substituents is 1. The molecule has 0 atom stereocenters. The SMILES string of the molecule is O=[N+]([O-])c1cc(Nc2ncnc3nc[nH]c23)ccc1F. The van der Waals surface area contributed by atoms with Crippen molar-refractivity contribution < 1.29 is 9.31 Å². The molecule has 0 unspecified atom stereocenters. The first-order valence-corrected chi connectivity index (χ1v) is 5.50. The molecule has 0 saturated heterocycles. The number of fused-ring (bicyclic) bond motifs is 1. The lowest BCUT2D eigenvalue weighted by atomic mass is 10.2. The predicted octanol–water partition coefficient (Wildman–Crippen LogP) is 2.14. The summed E-state index contributed by atoms with van der Waals surface area (Å²) >= 11 is 0. The molecule has 100 valence electrons. The van der Waals surface area contributed by atoms with Crippen LogP contribution in [0.2, 0.25) is 0 Å². The minimum absolute atomic E-state index is 0.340. The van der Waals surface area contributed by atoms with Crippen LogP contribution in [0.15, 0.2) is 30.9 Å². The van der Waals surface area contributed by atoms with Crippen LogP contribution in [-0.4, -0.2) is 24.9 Å². The molecule has 0 fully saturated rings. The zero-order valence-corrected chi connectivity index (χ0v) is 9.87. The van der Waals surface area contributed by atoms with E-state index in [9.17, 15) is 14.5 Å². The molecule has 0 aliphatic carbocycles. The fraction of sp³-hybridized carbons (Fsp3) is 0. The van der Waals surface area contributed by atoms with E-state index in [2.05, 4.69) is 25.3 Å². The Morgan fingerprint density at radius 2 is 2.15 bits per heavy atom. The first-order chi connectivity index (χ1) is 9.65. The Morgan fingerprint density at radius 3 is 2.95 bits per heavy atom. The van der Waals surface area contributed by atoms with Crippen molar-refractivity contribution in [2.45, 2.75) is 0 Å². The predicted molar refractivity (Wildman–Crippen MR) is 68.0 cm³/mol. The second kappa shape index (κ2) is 4.53. The number of hydrogen-bond acceptors (Lipinski definition) is 6. The fourth-order valence-electron chi connectivity index (χ4n) is 1.73. The second-order valence-corrected chi connectivity index (χ2v) is 3.87. The van der Waals surface area contributed by atoms with Crippen LogP contribution in [0.4, 0.5) is 21.6 Å². The van der Waals surface area contributed by atoms with Crippen LogP contribution in [0, 0.1) is 15.9 Å². The number of anilines is 2. The van der Waals surface area contributed by atoms with Crippen molar-refractivity contribution in [1.29, 1.82) is 0 Å². The van der Waals surface area contributed by atoms with Crippen LogP contribution < -0.4 is 5.32 Å². The normalized spacial score (nSPS) is 10.7. The van der Waals surface area contributed by atoms with Crippen LogP contribution in [0.1, 0.15) is 0 Å². The van der Waals surface area contributed by atoms with Crippen LogP contribution in [0.5, 0.6) is 0 Å². The standard InChI is InChI=1S/C11H7FN6O2/c12-7-2-1-6(3-8(7)18(19)20)17-11-9-10(14-4-13-9)15-5-16-11/h1-5H,(H2,13,14,15,16,17). The van der Waals surface area contributed by atoms with Crippen molar-refractivity contribution >= 4 is 28.4 Å². The van der Waals surface area contributed by atoms with Gasteiger partial charge in [-0.1, -0.05) is 0 Å². The first kappa shape index (κ1) is 12.0. The minimum Gasteiger partial charge on any atom is -0.340 e. The first-order valence-electron chi connectivity index (χ1n) is 5.50. The average Bonchev–Trinajstić information content (AvgIpc) is 2.90. The number of hydrogen-bond donors (Lipinski definition) is 2. The van der Waals surface area contributed by atoms with Gasteiger partial charge < -0.3 is 10.3 Å². The number of benzene rings is 1. The van der Waals surface area contributed by atoms with Gasteiger partial charge in [0.25, 0.3) is 0 Å². The third-order valence-corrected chi connectivity index (χ3v) is 2.63. The number of aromatic nitrogens is 4. The molecule has 0 spiro atoms. The van der Waals surface area contributed by atoms with E-state index in [-0.39, 0.29) is 0 Å². The van der Waals surface area contributed by atoms with Crippen LogP contribution >= 0.6 is 0 Å². The molecule has 8 nitrogen and oxygen atoms in total. The van der Waals surface area contributed by atoms with Gasteiger partial charge in [-0.05, 0) is 12.1 Å². The monoisotopic (exact) mass is 274 g/mol. The lowest BCUT2D eigenvalue weighted by Crippen LogP contribution is -1.98. The van der Waals surface area contributed by atoms with Crippen LogP contribution in [-0.2, 0) is 0 Å². The summed E-state index contributed by atoms with van der Waals surface area (Å²) in [5.41, 5.74) is 0.746. The van der Waals surface area contributed by atoms with Gasteiger partial charge in [0.2, 0.25) is 5.82 Å². The molecule has 1 aromatic carbocycles. The van der Waals surface area contributed by atoms with E-state index in [1.54, 1.807) is 0 Å². The van der Waals surface area contributed by atoms with Crippen molar-refractivity contribution in [2.24, 2.45) is 0 Å². The molecule has 0 bridgehead atoms. The van der Waals surface area contributed by atoms with Gasteiger partial charge in [-0.2, -0.15) is 4.39 Å². The molecule has 0 aliphatic rings. The topological polar surface area (TPSA) is 110 Å². The molecular formula is C11H7FN6O2. The Labute approximate surface area is 110 Å². The van der Waals surface area contributed by atoms with E-state index in [1.165, 1.54) is 18.7 Å². The molecule has 2 N–H and O–H groups in total. The Bertz CT molecular complexity index is 802. The van der Waals surface area contributed by atoms with Crippen molar-refractivity contribution in [2.75, 3.05) is 5.32 Å². The fourth-order valence-corrected chi connectivity index (χ4v) is 1.73. The van der Waals surface area contributed by atoms with Crippen LogP contribution in [0.25, 0.3) is 11.2 Å². The highest BCUT2D eigenvalue weighted by Crippen LogP contribution is 2.25. The van der Waals surface area contributed by atoms with E-state index >= 15 is 0 Å². The highest BCUT2D eigenvalue weighted by Gasteiger charge is 2.15. The Hall–Kier alpha value is -3.10. The van der Waals surface area contributed by atoms with Crippen molar-refractivity contribution in [3.05, 3.63) is 46.8 Å². The summed E-state index contributed by atoms with van der Waals surface area (Å²) in [5.74, 6) is -0.497. The number of imidazole rings is 1. The number of nitro groups is 1. The molecule has 2 aromatic heterocycles. The number of nitrogens with one attached hydrogen (secondary N) is 2. The zero-order valence-electron chi connectivity index (χ0n) is 9.87. The molecule has 9 heteroatoms. The van der Waals surface area contributed by atoms with Gasteiger partial charge in [-0.3, -0.25) is 10.1 Å². The average molecular weight is 274 g/mol. The Balaban J connectivity index is 2.01. The number of H-pyrrole nitrogens is 1. The highest BCUT2D eigenvalue weighted by atomic mass is 19.1. The van der Waals surface area contributed by atoms with E-state index in [4.69, 9.17) is 0 Å². The number of halogens is 1. The summed E-state index contributed by atoms with van der Waals surface area (Å²) in [4.78, 5) is 24.7. The largest absolute Gasteiger partial charge is 0.340 e. The molecule has 0 saturated carbocycles. The van der Waals surface area contributed by atoms with Crippen LogP contribution in [0.3, 0.4) is 0 Å². The van der Waals surface area contributed by atoms with E-state index < -0.39 is 16.4 Å². The number of rotatable bonds is 3. The zero-order chi connectivity index (χ0) is 14.1. The third-order valence-electron chi connectivity index (χ3n) is 2.63. The maximum atomic E-state index is 13.3. The highest BCUT2D eigenvalue weighted by molar-refractivity contribution is 5.84. The van der Waals surface area contributed by atoms with Gasteiger partial charge in [0, 0.05) is 11.8 Å². The summed E-state index contributed by atoms with van der Waals surface area (Å²) in [6.07, 6.45) is 2.76.